The van der Waals surface area contributed by atoms with Crippen molar-refractivity contribution in [2.45, 2.75) is 38.9 Å². The van der Waals surface area contributed by atoms with Crippen LogP contribution in [0.5, 0.6) is 11.6 Å². The molecular formula is C28H31FN6O3S. The molecule has 2 aromatic heterocycles. The van der Waals surface area contributed by atoms with Gasteiger partial charge in [-0.2, -0.15) is 0 Å². The Kier molecular flexibility index (Phi) is 7.89. The van der Waals surface area contributed by atoms with Gasteiger partial charge in [0.05, 0.1) is 22.7 Å². The van der Waals surface area contributed by atoms with Crippen molar-refractivity contribution >= 4 is 32.4 Å². The molecule has 0 radical (unpaired) electrons. The van der Waals surface area contributed by atoms with E-state index in [9.17, 15) is 12.8 Å². The van der Waals surface area contributed by atoms with Gasteiger partial charge < -0.3 is 15.4 Å². The highest BCUT2D eigenvalue weighted by Crippen LogP contribution is 2.38. The van der Waals surface area contributed by atoms with Crippen molar-refractivity contribution in [2.24, 2.45) is 0 Å². The van der Waals surface area contributed by atoms with Crippen LogP contribution in [0.3, 0.4) is 0 Å². The summed E-state index contributed by atoms with van der Waals surface area (Å²) in [6, 6.07) is 14.5. The van der Waals surface area contributed by atoms with Crippen molar-refractivity contribution < 1.29 is 17.5 Å². The number of anilines is 2. The van der Waals surface area contributed by atoms with Crippen molar-refractivity contribution in [3.8, 4) is 22.9 Å². The minimum absolute atomic E-state index is 0.0390. The van der Waals surface area contributed by atoms with Crippen molar-refractivity contribution in [3.63, 3.8) is 0 Å². The molecule has 0 aliphatic carbocycles. The van der Waals surface area contributed by atoms with Gasteiger partial charge >= 0.3 is 0 Å². The molecule has 1 fully saturated rings. The summed E-state index contributed by atoms with van der Waals surface area (Å²) in [5, 5.41) is 7.75. The summed E-state index contributed by atoms with van der Waals surface area (Å²) in [4.78, 5) is 13.5. The SMILES string of the molecule is CCCS(=O)(=O)Nc1cccc2c(Oc3ncccc3-c3ccnc(N[C@@H]4CNC[C@@H](F)C4)n3)c(C)ccc12. The topological polar surface area (TPSA) is 118 Å². The van der Waals surface area contributed by atoms with Gasteiger partial charge in [-0.15, -0.1) is 0 Å². The van der Waals surface area contributed by atoms with Gasteiger partial charge in [0.25, 0.3) is 0 Å². The maximum absolute atomic E-state index is 13.8. The molecule has 2 aromatic carbocycles. The molecule has 4 aromatic rings. The number of benzene rings is 2. The molecule has 204 valence electrons. The number of rotatable bonds is 9. The Morgan fingerprint density at radius 1 is 1.05 bits per heavy atom. The van der Waals surface area contributed by atoms with Crippen LogP contribution in [0.25, 0.3) is 22.0 Å². The Bertz CT molecular complexity index is 1580. The third kappa shape index (κ3) is 6.26. The lowest BCUT2D eigenvalue weighted by atomic mass is 10.0. The number of halogens is 1. The van der Waals surface area contributed by atoms with Gasteiger partial charge in [0.2, 0.25) is 21.9 Å². The third-order valence-electron chi connectivity index (χ3n) is 6.48. The monoisotopic (exact) mass is 550 g/mol. The predicted molar refractivity (Wildman–Crippen MR) is 152 cm³/mol. The quantitative estimate of drug-likeness (QED) is 0.265. The van der Waals surface area contributed by atoms with E-state index in [0.717, 1.165) is 16.3 Å². The van der Waals surface area contributed by atoms with Crippen LogP contribution >= 0.6 is 0 Å². The number of nitrogens with one attached hydrogen (secondary N) is 3. The number of hydrogen-bond donors (Lipinski definition) is 3. The van der Waals surface area contributed by atoms with Gasteiger partial charge in [-0.1, -0.05) is 31.2 Å². The largest absolute Gasteiger partial charge is 0.437 e. The highest BCUT2D eigenvalue weighted by atomic mass is 32.2. The molecule has 5 rings (SSSR count). The number of hydrogen-bond acceptors (Lipinski definition) is 8. The number of nitrogens with zero attached hydrogens (tertiary/aromatic N) is 3. The van der Waals surface area contributed by atoms with Crippen molar-refractivity contribution in [1.82, 2.24) is 20.3 Å². The molecule has 39 heavy (non-hydrogen) atoms. The lowest BCUT2D eigenvalue weighted by Crippen LogP contribution is -2.44. The summed E-state index contributed by atoms with van der Waals surface area (Å²) in [5.41, 5.74) is 2.61. The van der Waals surface area contributed by atoms with E-state index in [1.165, 1.54) is 0 Å². The summed E-state index contributed by atoms with van der Waals surface area (Å²) < 4.78 is 47.9. The van der Waals surface area contributed by atoms with E-state index in [2.05, 4.69) is 30.3 Å². The van der Waals surface area contributed by atoms with E-state index in [1.807, 2.05) is 38.1 Å². The van der Waals surface area contributed by atoms with Crippen LogP contribution in [0.1, 0.15) is 25.3 Å². The normalized spacial score (nSPS) is 17.6. The van der Waals surface area contributed by atoms with Crippen LogP contribution in [-0.2, 0) is 10.0 Å². The van der Waals surface area contributed by atoms with E-state index in [-0.39, 0.29) is 11.8 Å². The molecule has 0 spiro atoms. The second-order valence-electron chi connectivity index (χ2n) is 9.59. The number of fused-ring (bicyclic) bond motifs is 1. The second-order valence-corrected chi connectivity index (χ2v) is 11.4. The second kappa shape index (κ2) is 11.5. The molecule has 1 saturated heterocycles. The Hall–Kier alpha value is -3.83. The molecule has 0 amide bonds. The van der Waals surface area contributed by atoms with Gasteiger partial charge in [0, 0.05) is 48.7 Å². The van der Waals surface area contributed by atoms with Gasteiger partial charge in [-0.3, -0.25) is 4.72 Å². The zero-order valence-electron chi connectivity index (χ0n) is 21.8. The maximum atomic E-state index is 13.8. The van der Waals surface area contributed by atoms with E-state index in [0.29, 0.717) is 60.5 Å². The van der Waals surface area contributed by atoms with E-state index < -0.39 is 16.2 Å². The Morgan fingerprint density at radius 2 is 1.92 bits per heavy atom. The molecule has 9 nitrogen and oxygen atoms in total. The third-order valence-corrected chi connectivity index (χ3v) is 7.96. The highest BCUT2D eigenvalue weighted by molar-refractivity contribution is 7.92. The Labute approximate surface area is 227 Å². The predicted octanol–water partition coefficient (Wildman–Crippen LogP) is 5.06. The molecule has 0 saturated carbocycles. The highest BCUT2D eigenvalue weighted by Gasteiger charge is 2.22. The van der Waals surface area contributed by atoms with Crippen LogP contribution in [0.2, 0.25) is 0 Å². The minimum atomic E-state index is -3.47. The summed E-state index contributed by atoms with van der Waals surface area (Å²) in [7, 11) is -3.47. The Morgan fingerprint density at radius 3 is 2.74 bits per heavy atom. The van der Waals surface area contributed by atoms with Crippen LogP contribution in [-0.4, -0.2) is 54.4 Å². The molecule has 0 unspecified atom stereocenters. The van der Waals surface area contributed by atoms with Crippen LogP contribution < -0.4 is 20.1 Å². The minimum Gasteiger partial charge on any atom is -0.437 e. The number of piperidine rings is 1. The number of pyridine rings is 1. The average molecular weight is 551 g/mol. The number of sulfonamides is 1. The Balaban J connectivity index is 1.47. The van der Waals surface area contributed by atoms with Crippen molar-refractivity contribution in [2.75, 3.05) is 28.9 Å². The van der Waals surface area contributed by atoms with Gasteiger partial charge in [0.1, 0.15) is 11.9 Å². The van der Waals surface area contributed by atoms with Crippen molar-refractivity contribution in [3.05, 3.63) is 66.5 Å². The van der Waals surface area contributed by atoms with E-state index in [4.69, 9.17) is 4.74 Å². The maximum Gasteiger partial charge on any atom is 0.232 e. The average Bonchev–Trinajstić information content (AvgIpc) is 2.91. The van der Waals surface area contributed by atoms with Gasteiger partial charge in [-0.05, 0) is 43.2 Å². The molecule has 3 N–H and O–H groups in total. The summed E-state index contributed by atoms with van der Waals surface area (Å²) >= 11 is 0. The van der Waals surface area contributed by atoms with E-state index >= 15 is 0 Å². The number of ether oxygens (including phenoxy) is 1. The molecule has 0 bridgehead atoms. The number of alkyl halides is 1. The first kappa shape index (κ1) is 26.8. The molecule has 1 aliphatic rings. The summed E-state index contributed by atoms with van der Waals surface area (Å²) in [6.45, 7) is 4.74. The van der Waals surface area contributed by atoms with Crippen molar-refractivity contribution in [1.29, 1.82) is 0 Å². The lowest BCUT2D eigenvalue weighted by Gasteiger charge is -2.26. The first-order valence-electron chi connectivity index (χ1n) is 12.9. The smallest absolute Gasteiger partial charge is 0.232 e. The molecular weight excluding hydrogens is 519 g/mol. The standard InChI is InChI=1S/C28H31FN6O3S/c1-3-14-39(36,37)35-25-8-4-6-22-21(25)10-9-18(2)26(22)38-27-23(7-5-12-31-27)24-11-13-32-28(34-24)33-20-15-19(29)16-30-17-20/h4-13,19-20,30,35H,3,14-17H2,1-2H3,(H,32,33,34)/t19-,20-/m0/s1. The van der Waals surface area contributed by atoms with Crippen LogP contribution in [0, 0.1) is 6.92 Å². The van der Waals surface area contributed by atoms with Crippen LogP contribution in [0.15, 0.2) is 60.9 Å². The fourth-order valence-corrected chi connectivity index (χ4v) is 5.83. The summed E-state index contributed by atoms with van der Waals surface area (Å²) in [6.07, 6.45) is 3.27. The lowest BCUT2D eigenvalue weighted by molar-refractivity contribution is 0.254. The molecule has 2 atom stereocenters. The zero-order chi connectivity index (χ0) is 27.4. The number of aryl methyl sites for hydroxylation is 1. The van der Waals surface area contributed by atoms with Gasteiger partial charge in [0.15, 0.2) is 0 Å². The molecule has 11 heteroatoms. The van der Waals surface area contributed by atoms with E-state index in [1.54, 1.807) is 36.7 Å². The summed E-state index contributed by atoms with van der Waals surface area (Å²) in [5.74, 6) is 1.35. The molecule has 3 heterocycles. The fraction of sp³-hybridized carbons (Fsp3) is 0.321. The molecule has 1 aliphatic heterocycles. The number of aromatic nitrogens is 3. The fourth-order valence-electron chi connectivity index (χ4n) is 4.68. The van der Waals surface area contributed by atoms with Gasteiger partial charge in [-0.25, -0.2) is 27.8 Å². The zero-order valence-corrected chi connectivity index (χ0v) is 22.6. The van der Waals surface area contributed by atoms with Crippen LogP contribution in [0.4, 0.5) is 16.0 Å². The first-order chi connectivity index (χ1) is 18.8. The first-order valence-corrected chi connectivity index (χ1v) is 14.6.